The molecule has 0 spiro atoms. The summed E-state index contributed by atoms with van der Waals surface area (Å²) in [4.78, 5) is 0. The summed E-state index contributed by atoms with van der Waals surface area (Å²) in [5, 5.41) is 0. The van der Waals surface area contributed by atoms with Crippen molar-refractivity contribution in [1.29, 1.82) is 0 Å². The molecule has 3 aromatic carbocycles. The minimum Gasteiger partial charge on any atom is -0.255 e. The number of alkyl halides is 1. The van der Waals surface area contributed by atoms with Gasteiger partial charge in [-0.2, -0.15) is 0 Å². The third-order valence-electron chi connectivity index (χ3n) is 3.65. The second-order valence-corrected chi connectivity index (χ2v) is 5.31. The predicted octanol–water partition coefficient (Wildman–Crippen LogP) is 6.22. The molecule has 0 aliphatic heterocycles. The third-order valence-corrected chi connectivity index (χ3v) is 3.65. The summed E-state index contributed by atoms with van der Waals surface area (Å²) in [7, 11) is 0.500. The van der Waals surface area contributed by atoms with Gasteiger partial charge in [-0.25, -0.2) is 0 Å². The van der Waals surface area contributed by atoms with Crippen molar-refractivity contribution in [2.24, 2.45) is 0 Å². The molecule has 0 fully saturated rings. The highest BCUT2D eigenvalue weighted by molar-refractivity contribution is 5.70. The van der Waals surface area contributed by atoms with Crippen LogP contribution in [0.25, 0.3) is 22.3 Å². The van der Waals surface area contributed by atoms with Crippen molar-refractivity contribution in [2.45, 2.75) is 13.8 Å². The summed E-state index contributed by atoms with van der Waals surface area (Å²) < 4.78 is 9.50. The minimum atomic E-state index is 0.500. The number of rotatable bonds is 2. The molecule has 0 nitrogen and oxygen atoms in total. The van der Waals surface area contributed by atoms with Gasteiger partial charge in [-0.1, -0.05) is 83.9 Å². The summed E-state index contributed by atoms with van der Waals surface area (Å²) in [6.45, 7) is 4.23. The molecule has 1 heteroatoms. The molecule has 112 valence electrons. The smallest absolute Gasteiger partial charge is 0.0785 e. The quantitative estimate of drug-likeness (QED) is 0.525. The summed E-state index contributed by atoms with van der Waals surface area (Å²) in [5.74, 6) is 0. The molecule has 0 radical (unpaired) electrons. The topological polar surface area (TPSA) is 0 Å². The Balaban J connectivity index is 0.000000847. The molecule has 0 saturated carbocycles. The Labute approximate surface area is 132 Å². The molecule has 22 heavy (non-hydrogen) atoms. The van der Waals surface area contributed by atoms with E-state index in [-0.39, 0.29) is 0 Å². The zero-order valence-corrected chi connectivity index (χ0v) is 13.3. The highest BCUT2D eigenvalue weighted by Crippen LogP contribution is 2.25. The van der Waals surface area contributed by atoms with Crippen molar-refractivity contribution >= 4 is 0 Å². The van der Waals surface area contributed by atoms with Crippen LogP contribution >= 0.6 is 0 Å². The number of hydrogen-bond acceptors (Lipinski definition) is 0. The molecule has 0 unspecified atom stereocenters. The van der Waals surface area contributed by atoms with Crippen LogP contribution in [0.15, 0.2) is 72.8 Å². The van der Waals surface area contributed by atoms with Crippen molar-refractivity contribution in [3.8, 4) is 22.3 Å². The van der Waals surface area contributed by atoms with Crippen LogP contribution in [0.2, 0.25) is 0 Å². The number of halogens is 1. The molecule has 0 atom stereocenters. The average Bonchev–Trinajstić information content (AvgIpc) is 2.58. The molecule has 0 N–H and O–H groups in total. The van der Waals surface area contributed by atoms with Gasteiger partial charge in [-0.05, 0) is 36.1 Å². The molecule has 0 saturated heterocycles. The van der Waals surface area contributed by atoms with Gasteiger partial charge in [0.2, 0.25) is 0 Å². The maximum absolute atomic E-state index is 9.50. The van der Waals surface area contributed by atoms with Crippen molar-refractivity contribution < 1.29 is 4.39 Å². The van der Waals surface area contributed by atoms with E-state index >= 15 is 0 Å². The summed E-state index contributed by atoms with van der Waals surface area (Å²) in [5.41, 5.74) is 7.66. The molecular weight excluding hydrogens is 271 g/mol. The first-order valence-electron chi connectivity index (χ1n) is 7.34. The second-order valence-electron chi connectivity index (χ2n) is 5.31. The van der Waals surface area contributed by atoms with E-state index in [2.05, 4.69) is 86.6 Å². The Kier molecular flexibility index (Phi) is 5.48. The van der Waals surface area contributed by atoms with Crippen LogP contribution in [0.1, 0.15) is 11.1 Å². The van der Waals surface area contributed by atoms with E-state index in [1.54, 1.807) is 0 Å². The Morgan fingerprint density at radius 1 is 0.409 bits per heavy atom. The van der Waals surface area contributed by atoms with Gasteiger partial charge in [0.05, 0.1) is 7.18 Å². The number of aryl methyl sites for hydroxylation is 2. The van der Waals surface area contributed by atoms with Gasteiger partial charge in [0, 0.05) is 0 Å². The normalized spacial score (nSPS) is 9.82. The van der Waals surface area contributed by atoms with Gasteiger partial charge in [-0.3, -0.25) is 4.39 Å². The molecule has 0 aliphatic rings. The number of hydrogen-bond donors (Lipinski definition) is 0. The Bertz CT molecular complexity index is 628. The SMILES string of the molecule is CF.Cc1ccc(-c2ccc(-c3ccc(C)cc3)cc2)cc1. The third kappa shape index (κ3) is 3.82. The van der Waals surface area contributed by atoms with Gasteiger partial charge < -0.3 is 0 Å². The molecule has 3 rings (SSSR count). The maximum Gasteiger partial charge on any atom is 0.0785 e. The molecule has 0 aliphatic carbocycles. The molecule has 0 bridgehead atoms. The first-order chi connectivity index (χ1) is 10.7. The summed E-state index contributed by atoms with van der Waals surface area (Å²) in [6, 6.07) is 26.1. The lowest BCUT2D eigenvalue weighted by atomic mass is 9.99. The van der Waals surface area contributed by atoms with Gasteiger partial charge in [0.1, 0.15) is 0 Å². The van der Waals surface area contributed by atoms with E-state index in [9.17, 15) is 4.39 Å². The van der Waals surface area contributed by atoms with Crippen molar-refractivity contribution in [3.05, 3.63) is 83.9 Å². The second kappa shape index (κ2) is 7.56. The Hall–Kier alpha value is -2.41. The highest BCUT2D eigenvalue weighted by atomic mass is 19.1. The molecule has 0 heterocycles. The highest BCUT2D eigenvalue weighted by Gasteiger charge is 2.00. The fourth-order valence-electron chi connectivity index (χ4n) is 2.35. The van der Waals surface area contributed by atoms with Crippen LogP contribution in [0.5, 0.6) is 0 Å². The summed E-state index contributed by atoms with van der Waals surface area (Å²) in [6.07, 6.45) is 0. The standard InChI is InChI=1S/C20H18.CH3F/c1-15-3-7-17(8-4-15)19-11-13-20(14-12-19)18-9-5-16(2)6-10-18;1-2/h3-14H,1-2H3;1H3. The van der Waals surface area contributed by atoms with E-state index < -0.39 is 0 Å². The van der Waals surface area contributed by atoms with Gasteiger partial charge in [0.25, 0.3) is 0 Å². The van der Waals surface area contributed by atoms with Crippen LogP contribution in [-0.4, -0.2) is 7.18 Å². The molecule has 0 aromatic heterocycles. The molecular formula is C21H21F. The zero-order valence-electron chi connectivity index (χ0n) is 13.3. The first kappa shape index (κ1) is 16.0. The fraction of sp³-hybridized carbons (Fsp3) is 0.143. The van der Waals surface area contributed by atoms with Crippen LogP contribution in [0, 0.1) is 13.8 Å². The fourth-order valence-corrected chi connectivity index (χ4v) is 2.35. The lowest BCUT2D eigenvalue weighted by Crippen LogP contribution is -1.81. The largest absolute Gasteiger partial charge is 0.255 e. The lowest BCUT2D eigenvalue weighted by Gasteiger charge is -2.06. The monoisotopic (exact) mass is 292 g/mol. The predicted molar refractivity (Wildman–Crippen MR) is 93.8 cm³/mol. The summed E-state index contributed by atoms with van der Waals surface area (Å²) >= 11 is 0. The van der Waals surface area contributed by atoms with Crippen LogP contribution < -0.4 is 0 Å². The van der Waals surface area contributed by atoms with E-state index in [0.717, 1.165) is 0 Å². The minimum absolute atomic E-state index is 0.500. The van der Waals surface area contributed by atoms with Crippen LogP contribution in [0.3, 0.4) is 0 Å². The Morgan fingerprint density at radius 2 is 0.591 bits per heavy atom. The molecule has 3 aromatic rings. The van der Waals surface area contributed by atoms with E-state index in [0.29, 0.717) is 7.18 Å². The van der Waals surface area contributed by atoms with Gasteiger partial charge in [-0.15, -0.1) is 0 Å². The van der Waals surface area contributed by atoms with Crippen molar-refractivity contribution in [1.82, 2.24) is 0 Å². The van der Waals surface area contributed by atoms with Crippen molar-refractivity contribution in [3.63, 3.8) is 0 Å². The lowest BCUT2D eigenvalue weighted by molar-refractivity contribution is 0.636. The van der Waals surface area contributed by atoms with Gasteiger partial charge >= 0.3 is 0 Å². The Morgan fingerprint density at radius 3 is 0.818 bits per heavy atom. The zero-order chi connectivity index (χ0) is 15.9. The maximum atomic E-state index is 9.50. The first-order valence-corrected chi connectivity index (χ1v) is 7.34. The van der Waals surface area contributed by atoms with E-state index in [4.69, 9.17) is 0 Å². The average molecular weight is 292 g/mol. The van der Waals surface area contributed by atoms with E-state index in [1.165, 1.54) is 33.4 Å². The van der Waals surface area contributed by atoms with E-state index in [1.807, 2.05) is 0 Å². The van der Waals surface area contributed by atoms with Crippen LogP contribution in [0.4, 0.5) is 4.39 Å². The van der Waals surface area contributed by atoms with Gasteiger partial charge in [0.15, 0.2) is 0 Å². The number of benzene rings is 3. The van der Waals surface area contributed by atoms with Crippen molar-refractivity contribution in [2.75, 3.05) is 7.18 Å². The molecule has 0 amide bonds. The van der Waals surface area contributed by atoms with Crippen LogP contribution in [-0.2, 0) is 0 Å².